The van der Waals surface area contributed by atoms with Crippen LogP contribution >= 0.6 is 0 Å². The number of para-hydroxylation sites is 2. The van der Waals surface area contributed by atoms with Gasteiger partial charge in [0.25, 0.3) is 5.91 Å². The van der Waals surface area contributed by atoms with E-state index in [0.29, 0.717) is 17.9 Å². The van der Waals surface area contributed by atoms with E-state index >= 15 is 0 Å². The van der Waals surface area contributed by atoms with Crippen LogP contribution in [0.2, 0.25) is 0 Å². The van der Waals surface area contributed by atoms with Crippen LogP contribution in [-0.2, 0) is 19.6 Å². The van der Waals surface area contributed by atoms with E-state index in [0.717, 1.165) is 10.6 Å². The Balaban J connectivity index is 2.12. The Labute approximate surface area is 191 Å². The van der Waals surface area contributed by atoms with Crippen LogP contribution in [0.3, 0.4) is 0 Å². The van der Waals surface area contributed by atoms with E-state index < -0.39 is 28.6 Å². The number of rotatable bonds is 10. The van der Waals surface area contributed by atoms with Crippen molar-refractivity contribution in [2.45, 2.75) is 6.92 Å². The molecule has 12 heteroatoms. The highest BCUT2D eigenvalue weighted by Crippen LogP contribution is 2.30. The molecule has 0 atom stereocenters. The van der Waals surface area contributed by atoms with Gasteiger partial charge in [0.05, 0.1) is 39.0 Å². The fourth-order valence-corrected chi connectivity index (χ4v) is 3.51. The fraction of sp³-hybridized carbons (Fsp3) is 0.286. The normalized spacial score (nSPS) is 11.0. The van der Waals surface area contributed by atoms with Crippen molar-refractivity contribution in [2.24, 2.45) is 5.10 Å². The van der Waals surface area contributed by atoms with E-state index in [1.807, 2.05) is 0 Å². The highest BCUT2D eigenvalue weighted by atomic mass is 32.2. The zero-order valence-electron chi connectivity index (χ0n) is 18.6. The Morgan fingerprint density at radius 2 is 1.82 bits per heavy atom. The number of carbonyl (C=O) groups excluding carboxylic acids is 2. The number of sulfonamides is 1. The standard InChI is InChI=1S/C21H25N3O8S/c1-5-31-17-9-7-6-8-16(17)24(33(4,27)28)14-20(25)23-22-13-15-10-11-18(19(12-15)29-2)32-21(26)30-3/h6-13H,5,14H2,1-4H3,(H,23,25)/b22-13-. The molecule has 0 unspecified atom stereocenters. The molecule has 1 N–H and O–H groups in total. The van der Waals surface area contributed by atoms with Gasteiger partial charge in [-0.05, 0) is 42.8 Å². The number of hydrogen-bond donors (Lipinski definition) is 1. The lowest BCUT2D eigenvalue weighted by Gasteiger charge is -2.23. The lowest BCUT2D eigenvalue weighted by molar-refractivity contribution is -0.119. The summed E-state index contributed by atoms with van der Waals surface area (Å²) in [6.07, 6.45) is 1.42. The Kier molecular flexibility index (Phi) is 9.04. The van der Waals surface area contributed by atoms with Gasteiger partial charge in [-0.2, -0.15) is 5.10 Å². The van der Waals surface area contributed by atoms with Crippen molar-refractivity contribution in [3.8, 4) is 17.2 Å². The van der Waals surface area contributed by atoms with E-state index in [2.05, 4.69) is 15.3 Å². The number of ether oxygens (including phenoxy) is 4. The van der Waals surface area contributed by atoms with E-state index in [1.165, 1.54) is 32.6 Å². The molecule has 0 aliphatic rings. The van der Waals surface area contributed by atoms with Crippen LogP contribution in [0.25, 0.3) is 0 Å². The molecule has 0 bridgehead atoms. The molecule has 0 aliphatic carbocycles. The third-order valence-electron chi connectivity index (χ3n) is 4.07. The second-order valence-electron chi connectivity index (χ2n) is 6.43. The molecule has 0 saturated carbocycles. The average Bonchev–Trinajstić information content (AvgIpc) is 2.78. The van der Waals surface area contributed by atoms with Crippen LogP contribution < -0.4 is 23.9 Å². The van der Waals surface area contributed by atoms with Gasteiger partial charge in [0, 0.05) is 0 Å². The average molecular weight is 480 g/mol. The first-order valence-corrected chi connectivity index (χ1v) is 11.5. The summed E-state index contributed by atoms with van der Waals surface area (Å²) in [7, 11) is -1.21. The fourth-order valence-electron chi connectivity index (χ4n) is 2.65. The monoisotopic (exact) mass is 479 g/mol. The van der Waals surface area contributed by atoms with Crippen molar-refractivity contribution in [1.29, 1.82) is 0 Å². The maximum Gasteiger partial charge on any atom is 0.513 e. The van der Waals surface area contributed by atoms with Gasteiger partial charge in [0.1, 0.15) is 12.3 Å². The number of nitrogens with one attached hydrogen (secondary N) is 1. The van der Waals surface area contributed by atoms with Crippen molar-refractivity contribution in [2.75, 3.05) is 37.9 Å². The summed E-state index contributed by atoms with van der Waals surface area (Å²) in [6.45, 7) is 1.60. The lowest BCUT2D eigenvalue weighted by Crippen LogP contribution is -2.39. The van der Waals surface area contributed by atoms with Crippen LogP contribution in [0.4, 0.5) is 10.5 Å². The molecule has 0 heterocycles. The second kappa shape index (κ2) is 11.7. The third-order valence-corrected chi connectivity index (χ3v) is 5.20. The summed E-state index contributed by atoms with van der Waals surface area (Å²) in [6, 6.07) is 11.1. The molecule has 2 aromatic carbocycles. The Bertz CT molecular complexity index is 1120. The van der Waals surface area contributed by atoms with Gasteiger partial charge in [-0.1, -0.05) is 12.1 Å². The van der Waals surface area contributed by atoms with Gasteiger partial charge >= 0.3 is 6.16 Å². The molecule has 2 rings (SSSR count). The number of amides is 1. The first-order valence-electron chi connectivity index (χ1n) is 9.64. The van der Waals surface area contributed by atoms with Crippen molar-refractivity contribution < 1.29 is 37.0 Å². The van der Waals surface area contributed by atoms with Crippen molar-refractivity contribution >= 4 is 34.0 Å². The van der Waals surface area contributed by atoms with Gasteiger partial charge in [-0.15, -0.1) is 0 Å². The summed E-state index contributed by atoms with van der Waals surface area (Å²) < 4.78 is 45.6. The zero-order valence-corrected chi connectivity index (χ0v) is 19.4. The number of methoxy groups -OCH3 is 2. The minimum Gasteiger partial charge on any atom is -0.493 e. The maximum absolute atomic E-state index is 12.4. The summed E-state index contributed by atoms with van der Waals surface area (Å²) in [4.78, 5) is 23.7. The molecule has 1 amide bonds. The summed E-state index contributed by atoms with van der Waals surface area (Å²) >= 11 is 0. The highest BCUT2D eigenvalue weighted by molar-refractivity contribution is 7.92. The highest BCUT2D eigenvalue weighted by Gasteiger charge is 2.23. The van der Waals surface area contributed by atoms with E-state index in [1.54, 1.807) is 37.3 Å². The van der Waals surface area contributed by atoms with Gasteiger partial charge in [0.15, 0.2) is 11.5 Å². The van der Waals surface area contributed by atoms with Crippen molar-refractivity contribution in [3.05, 3.63) is 48.0 Å². The van der Waals surface area contributed by atoms with Crippen LogP contribution in [0, 0.1) is 0 Å². The molecular formula is C21H25N3O8S. The van der Waals surface area contributed by atoms with E-state index in [4.69, 9.17) is 14.2 Å². The van der Waals surface area contributed by atoms with Gasteiger partial charge in [-0.3, -0.25) is 9.10 Å². The second-order valence-corrected chi connectivity index (χ2v) is 8.34. The number of anilines is 1. The molecule has 11 nitrogen and oxygen atoms in total. The van der Waals surface area contributed by atoms with Crippen molar-refractivity contribution in [1.82, 2.24) is 5.43 Å². The molecule has 178 valence electrons. The first-order chi connectivity index (χ1) is 15.7. The molecule has 2 aromatic rings. The minimum absolute atomic E-state index is 0.141. The Morgan fingerprint density at radius 3 is 2.45 bits per heavy atom. The van der Waals surface area contributed by atoms with Crippen LogP contribution in [0.15, 0.2) is 47.6 Å². The molecule has 33 heavy (non-hydrogen) atoms. The number of nitrogens with zero attached hydrogens (tertiary/aromatic N) is 2. The molecule has 0 radical (unpaired) electrons. The maximum atomic E-state index is 12.4. The number of hydrogen-bond acceptors (Lipinski definition) is 9. The Hall–Kier alpha value is -3.80. The number of carbonyl (C=O) groups is 2. The van der Waals surface area contributed by atoms with E-state index in [9.17, 15) is 18.0 Å². The number of benzene rings is 2. The molecule has 0 aromatic heterocycles. The topological polar surface area (TPSA) is 133 Å². The quantitative estimate of drug-likeness (QED) is 0.237. The largest absolute Gasteiger partial charge is 0.513 e. The van der Waals surface area contributed by atoms with E-state index in [-0.39, 0.29) is 17.2 Å². The van der Waals surface area contributed by atoms with Crippen LogP contribution in [0.1, 0.15) is 12.5 Å². The molecule has 0 spiro atoms. The van der Waals surface area contributed by atoms with Crippen LogP contribution in [0.5, 0.6) is 17.2 Å². The molecule has 0 saturated heterocycles. The SMILES string of the molecule is CCOc1ccccc1N(CC(=O)N/N=C\c1ccc(OC(=O)OC)c(OC)c1)S(C)(=O)=O. The first kappa shape index (κ1) is 25.5. The summed E-state index contributed by atoms with van der Waals surface area (Å²) in [5, 5.41) is 3.85. The molecular weight excluding hydrogens is 454 g/mol. The number of hydrazone groups is 1. The molecule has 0 aliphatic heterocycles. The summed E-state index contributed by atoms with van der Waals surface area (Å²) in [5.41, 5.74) is 3.05. The smallest absolute Gasteiger partial charge is 0.493 e. The van der Waals surface area contributed by atoms with Gasteiger partial charge in [-0.25, -0.2) is 18.6 Å². The zero-order chi connectivity index (χ0) is 24.4. The van der Waals surface area contributed by atoms with Gasteiger partial charge < -0.3 is 18.9 Å². The van der Waals surface area contributed by atoms with Crippen molar-refractivity contribution in [3.63, 3.8) is 0 Å². The predicted octanol–water partition coefficient (Wildman–Crippen LogP) is 2.16. The minimum atomic E-state index is -3.78. The van der Waals surface area contributed by atoms with Crippen LogP contribution in [-0.4, -0.2) is 60.3 Å². The predicted molar refractivity (Wildman–Crippen MR) is 122 cm³/mol. The molecule has 0 fully saturated rings. The van der Waals surface area contributed by atoms with Gasteiger partial charge in [0.2, 0.25) is 10.0 Å². The summed E-state index contributed by atoms with van der Waals surface area (Å²) in [5.74, 6) is 0.0532. The lowest BCUT2D eigenvalue weighted by atomic mass is 10.2. The third kappa shape index (κ3) is 7.38. The Morgan fingerprint density at radius 1 is 1.09 bits per heavy atom.